The van der Waals surface area contributed by atoms with Crippen molar-refractivity contribution in [1.29, 1.82) is 0 Å². The van der Waals surface area contributed by atoms with Crippen LogP contribution in [-0.4, -0.2) is 22.9 Å². The van der Waals surface area contributed by atoms with Crippen molar-refractivity contribution in [2.75, 3.05) is 7.11 Å². The molecule has 0 saturated heterocycles. The average Bonchev–Trinajstić information content (AvgIpc) is 2.65. The van der Waals surface area contributed by atoms with Crippen molar-refractivity contribution in [2.24, 2.45) is 12.8 Å². The molecule has 0 saturated carbocycles. The summed E-state index contributed by atoms with van der Waals surface area (Å²) in [6.07, 6.45) is 2.60. The quantitative estimate of drug-likeness (QED) is 0.738. The number of ether oxygens (including phenoxy) is 1. The normalized spacial score (nSPS) is 14.7. The minimum absolute atomic E-state index is 0.150. The standard InChI is InChI=1S/C10H17N3O2/c1-4-10(11,7-9(14)15-3)8-5-6-13(2)12-8/h5-6H,4,7,11H2,1-3H3/t10-/m0/s1. The molecule has 1 heterocycles. The Morgan fingerprint density at radius 2 is 2.40 bits per heavy atom. The SMILES string of the molecule is CC[C@](N)(CC(=O)OC)c1ccn(C)n1. The lowest BCUT2D eigenvalue weighted by Gasteiger charge is -2.24. The highest BCUT2D eigenvalue weighted by molar-refractivity contribution is 5.71. The number of hydrogen-bond donors (Lipinski definition) is 1. The van der Waals surface area contributed by atoms with E-state index in [1.54, 1.807) is 4.68 Å². The number of aryl methyl sites for hydroxylation is 1. The summed E-state index contributed by atoms with van der Waals surface area (Å²) in [4.78, 5) is 11.2. The molecule has 1 aromatic heterocycles. The fourth-order valence-corrected chi connectivity index (χ4v) is 1.41. The van der Waals surface area contributed by atoms with Crippen LogP contribution in [0.15, 0.2) is 12.3 Å². The van der Waals surface area contributed by atoms with Gasteiger partial charge in [0.1, 0.15) is 0 Å². The number of nitrogens with two attached hydrogens (primary N) is 1. The molecule has 0 unspecified atom stereocenters. The molecule has 0 spiro atoms. The van der Waals surface area contributed by atoms with E-state index in [2.05, 4.69) is 9.84 Å². The van der Waals surface area contributed by atoms with Crippen molar-refractivity contribution < 1.29 is 9.53 Å². The first kappa shape index (κ1) is 11.7. The van der Waals surface area contributed by atoms with E-state index in [1.165, 1.54) is 7.11 Å². The fraction of sp³-hybridized carbons (Fsp3) is 0.600. The highest BCUT2D eigenvalue weighted by atomic mass is 16.5. The van der Waals surface area contributed by atoms with Gasteiger partial charge in [0.15, 0.2) is 0 Å². The number of carbonyl (C=O) groups excluding carboxylic acids is 1. The number of carbonyl (C=O) groups is 1. The van der Waals surface area contributed by atoms with Gasteiger partial charge in [0.25, 0.3) is 0 Å². The van der Waals surface area contributed by atoms with Gasteiger partial charge in [-0.15, -0.1) is 0 Å². The molecule has 0 aliphatic heterocycles. The maximum absolute atomic E-state index is 11.2. The third-order valence-electron chi connectivity index (χ3n) is 2.54. The number of aromatic nitrogens is 2. The first-order valence-electron chi connectivity index (χ1n) is 4.87. The lowest BCUT2D eigenvalue weighted by atomic mass is 9.90. The monoisotopic (exact) mass is 211 g/mol. The lowest BCUT2D eigenvalue weighted by Crippen LogP contribution is -2.39. The number of rotatable bonds is 4. The summed E-state index contributed by atoms with van der Waals surface area (Å²) in [5, 5.41) is 4.22. The zero-order valence-corrected chi connectivity index (χ0v) is 9.36. The number of hydrogen-bond acceptors (Lipinski definition) is 4. The maximum atomic E-state index is 11.2. The molecule has 0 aliphatic carbocycles. The molecule has 84 valence electrons. The molecule has 1 rings (SSSR count). The molecule has 5 heteroatoms. The maximum Gasteiger partial charge on any atom is 0.307 e. The van der Waals surface area contributed by atoms with Crippen LogP contribution in [0.25, 0.3) is 0 Å². The molecule has 0 aromatic carbocycles. The predicted molar refractivity (Wildman–Crippen MR) is 56.0 cm³/mol. The summed E-state index contributed by atoms with van der Waals surface area (Å²) in [6, 6.07) is 1.83. The molecule has 0 amide bonds. The van der Waals surface area contributed by atoms with Gasteiger partial charge < -0.3 is 10.5 Å². The molecule has 0 fully saturated rings. The average molecular weight is 211 g/mol. The van der Waals surface area contributed by atoms with Crippen LogP contribution in [0.2, 0.25) is 0 Å². The Morgan fingerprint density at radius 1 is 1.73 bits per heavy atom. The number of methoxy groups -OCH3 is 1. The number of esters is 1. The van der Waals surface area contributed by atoms with Crippen molar-refractivity contribution in [3.8, 4) is 0 Å². The van der Waals surface area contributed by atoms with E-state index in [4.69, 9.17) is 5.73 Å². The fourth-order valence-electron chi connectivity index (χ4n) is 1.41. The van der Waals surface area contributed by atoms with Crippen LogP contribution in [0.4, 0.5) is 0 Å². The van der Waals surface area contributed by atoms with E-state index in [0.717, 1.165) is 5.69 Å². The topological polar surface area (TPSA) is 70.1 Å². The minimum atomic E-state index is -0.728. The third-order valence-corrected chi connectivity index (χ3v) is 2.54. The highest BCUT2D eigenvalue weighted by Gasteiger charge is 2.31. The van der Waals surface area contributed by atoms with E-state index in [-0.39, 0.29) is 12.4 Å². The van der Waals surface area contributed by atoms with Crippen LogP contribution in [0.3, 0.4) is 0 Å². The summed E-state index contributed by atoms with van der Waals surface area (Å²) in [7, 11) is 3.18. The van der Waals surface area contributed by atoms with E-state index < -0.39 is 5.54 Å². The Bertz CT molecular complexity index is 348. The van der Waals surface area contributed by atoms with Crippen LogP contribution in [0.1, 0.15) is 25.5 Å². The molecule has 0 radical (unpaired) electrons. The first-order chi connectivity index (χ1) is 7.01. The Kier molecular flexibility index (Phi) is 3.47. The van der Waals surface area contributed by atoms with Crippen LogP contribution in [0, 0.1) is 0 Å². The van der Waals surface area contributed by atoms with E-state index >= 15 is 0 Å². The minimum Gasteiger partial charge on any atom is -0.469 e. The summed E-state index contributed by atoms with van der Waals surface area (Å²) in [5.74, 6) is -0.315. The van der Waals surface area contributed by atoms with Gasteiger partial charge in [-0.25, -0.2) is 0 Å². The van der Waals surface area contributed by atoms with Gasteiger partial charge in [0.2, 0.25) is 0 Å². The first-order valence-corrected chi connectivity index (χ1v) is 4.87. The molecule has 1 atom stereocenters. The van der Waals surface area contributed by atoms with Crippen molar-refractivity contribution in [3.63, 3.8) is 0 Å². The predicted octanol–water partition coefficient (Wildman–Crippen LogP) is 0.547. The molecule has 2 N–H and O–H groups in total. The summed E-state index contributed by atoms with van der Waals surface area (Å²) in [6.45, 7) is 1.93. The van der Waals surface area contributed by atoms with E-state index in [1.807, 2.05) is 26.2 Å². The molecule has 5 nitrogen and oxygen atoms in total. The van der Waals surface area contributed by atoms with Crippen molar-refractivity contribution in [3.05, 3.63) is 18.0 Å². The second-order valence-corrected chi connectivity index (χ2v) is 3.64. The Hall–Kier alpha value is -1.36. The summed E-state index contributed by atoms with van der Waals surface area (Å²) < 4.78 is 6.29. The lowest BCUT2D eigenvalue weighted by molar-refractivity contribution is -0.142. The summed E-state index contributed by atoms with van der Waals surface area (Å²) in [5.41, 5.74) is 6.12. The zero-order valence-electron chi connectivity index (χ0n) is 9.36. The van der Waals surface area contributed by atoms with Crippen LogP contribution >= 0.6 is 0 Å². The molecule has 0 aliphatic rings. The van der Waals surface area contributed by atoms with Gasteiger partial charge in [-0.05, 0) is 12.5 Å². The van der Waals surface area contributed by atoms with Gasteiger partial charge in [0, 0.05) is 13.2 Å². The Morgan fingerprint density at radius 3 is 2.80 bits per heavy atom. The molecular weight excluding hydrogens is 194 g/mol. The molecule has 15 heavy (non-hydrogen) atoms. The van der Waals surface area contributed by atoms with Crippen molar-refractivity contribution >= 4 is 5.97 Å². The van der Waals surface area contributed by atoms with Crippen molar-refractivity contribution in [2.45, 2.75) is 25.3 Å². The van der Waals surface area contributed by atoms with E-state index in [9.17, 15) is 4.79 Å². The zero-order chi connectivity index (χ0) is 11.5. The Labute approximate surface area is 89.2 Å². The molecule has 0 bridgehead atoms. The second-order valence-electron chi connectivity index (χ2n) is 3.64. The van der Waals surface area contributed by atoms with Gasteiger partial charge in [-0.1, -0.05) is 6.92 Å². The van der Waals surface area contributed by atoms with Crippen LogP contribution in [-0.2, 0) is 22.1 Å². The second kappa shape index (κ2) is 4.44. The largest absolute Gasteiger partial charge is 0.469 e. The van der Waals surface area contributed by atoms with Gasteiger partial charge in [-0.3, -0.25) is 9.48 Å². The Balaban J connectivity index is 2.89. The molecule has 1 aromatic rings. The highest BCUT2D eigenvalue weighted by Crippen LogP contribution is 2.24. The van der Waals surface area contributed by atoms with Crippen LogP contribution in [0.5, 0.6) is 0 Å². The smallest absolute Gasteiger partial charge is 0.307 e. The van der Waals surface area contributed by atoms with Gasteiger partial charge in [0.05, 0.1) is 24.8 Å². The van der Waals surface area contributed by atoms with Crippen molar-refractivity contribution in [1.82, 2.24) is 9.78 Å². The molecular formula is C10H17N3O2. The van der Waals surface area contributed by atoms with E-state index in [0.29, 0.717) is 6.42 Å². The summed E-state index contributed by atoms with van der Waals surface area (Å²) >= 11 is 0. The number of nitrogens with zero attached hydrogens (tertiary/aromatic N) is 2. The third kappa shape index (κ3) is 2.56. The van der Waals surface area contributed by atoms with Gasteiger partial charge in [-0.2, -0.15) is 5.10 Å². The van der Waals surface area contributed by atoms with Gasteiger partial charge >= 0.3 is 5.97 Å². The van der Waals surface area contributed by atoms with Crippen LogP contribution < -0.4 is 5.73 Å².